The van der Waals surface area contributed by atoms with E-state index in [-0.39, 0.29) is 0 Å². The zero-order chi connectivity index (χ0) is 12.7. The van der Waals surface area contributed by atoms with Gasteiger partial charge in [-0.3, -0.25) is 0 Å². The molecule has 0 atom stereocenters. The summed E-state index contributed by atoms with van der Waals surface area (Å²) < 4.78 is 10.9. The van der Waals surface area contributed by atoms with Crippen LogP contribution in [0.3, 0.4) is 0 Å². The van der Waals surface area contributed by atoms with Crippen molar-refractivity contribution in [3.8, 4) is 11.5 Å². The standard InChI is InChI=1S/C14H21NO2/c1-11(2)7-9-17-14-5-4-13(16-3)10-12(14)6-8-15/h4-5,7,10H,6,8-9,15H2,1-3H3. The van der Waals surface area contributed by atoms with Gasteiger partial charge in [0.25, 0.3) is 0 Å². The van der Waals surface area contributed by atoms with Crippen molar-refractivity contribution in [3.05, 3.63) is 35.4 Å². The highest BCUT2D eigenvalue weighted by Gasteiger charge is 2.04. The molecular weight excluding hydrogens is 214 g/mol. The second kappa shape index (κ2) is 6.97. The number of methoxy groups -OCH3 is 1. The lowest BCUT2D eigenvalue weighted by atomic mass is 10.1. The quantitative estimate of drug-likeness (QED) is 0.771. The van der Waals surface area contributed by atoms with Crippen molar-refractivity contribution in [2.45, 2.75) is 20.3 Å². The van der Waals surface area contributed by atoms with E-state index in [1.165, 1.54) is 5.57 Å². The van der Waals surface area contributed by atoms with Crippen molar-refractivity contribution < 1.29 is 9.47 Å². The fourth-order valence-electron chi connectivity index (χ4n) is 1.47. The Morgan fingerprint density at radius 2 is 2.12 bits per heavy atom. The van der Waals surface area contributed by atoms with E-state index >= 15 is 0 Å². The van der Waals surface area contributed by atoms with Gasteiger partial charge in [0.15, 0.2) is 0 Å². The molecule has 1 aromatic carbocycles. The lowest BCUT2D eigenvalue weighted by Gasteiger charge is -2.11. The smallest absolute Gasteiger partial charge is 0.123 e. The molecule has 3 nitrogen and oxygen atoms in total. The molecule has 0 spiro atoms. The van der Waals surface area contributed by atoms with E-state index in [0.29, 0.717) is 13.2 Å². The summed E-state index contributed by atoms with van der Waals surface area (Å²) in [4.78, 5) is 0. The zero-order valence-corrected chi connectivity index (χ0v) is 10.8. The summed E-state index contributed by atoms with van der Waals surface area (Å²) in [5, 5.41) is 0. The molecule has 0 saturated heterocycles. The van der Waals surface area contributed by atoms with Gasteiger partial charge in [0, 0.05) is 0 Å². The van der Waals surface area contributed by atoms with Gasteiger partial charge in [-0.05, 0) is 56.7 Å². The minimum atomic E-state index is 0.590. The van der Waals surface area contributed by atoms with E-state index in [2.05, 4.69) is 19.9 Å². The number of benzene rings is 1. The van der Waals surface area contributed by atoms with Crippen LogP contribution in [0, 0.1) is 0 Å². The fraction of sp³-hybridized carbons (Fsp3) is 0.429. The van der Waals surface area contributed by atoms with Crippen molar-refractivity contribution in [1.29, 1.82) is 0 Å². The first-order chi connectivity index (χ1) is 8.17. The van der Waals surface area contributed by atoms with Gasteiger partial charge < -0.3 is 15.2 Å². The van der Waals surface area contributed by atoms with Crippen LogP contribution in [0.25, 0.3) is 0 Å². The molecule has 17 heavy (non-hydrogen) atoms. The van der Waals surface area contributed by atoms with E-state index in [1.54, 1.807) is 7.11 Å². The van der Waals surface area contributed by atoms with Crippen LogP contribution in [0.4, 0.5) is 0 Å². The predicted octanol–water partition coefficient (Wildman–Crippen LogP) is 2.54. The summed E-state index contributed by atoms with van der Waals surface area (Å²) in [6.07, 6.45) is 2.85. The minimum Gasteiger partial charge on any atom is -0.497 e. The molecule has 0 heterocycles. The van der Waals surface area contributed by atoms with Crippen LogP contribution in [-0.4, -0.2) is 20.3 Å². The molecule has 0 aliphatic heterocycles. The van der Waals surface area contributed by atoms with Crippen LogP contribution in [0.15, 0.2) is 29.8 Å². The third kappa shape index (κ3) is 4.49. The number of allylic oxidation sites excluding steroid dienone is 1. The lowest BCUT2D eigenvalue weighted by Crippen LogP contribution is -2.06. The first-order valence-corrected chi connectivity index (χ1v) is 5.80. The molecule has 0 fully saturated rings. The Bertz CT molecular complexity index is 382. The monoisotopic (exact) mass is 235 g/mol. The highest BCUT2D eigenvalue weighted by molar-refractivity contribution is 5.40. The SMILES string of the molecule is COc1ccc(OCC=C(C)C)c(CCN)c1. The summed E-state index contributed by atoms with van der Waals surface area (Å²) in [5.41, 5.74) is 7.93. The topological polar surface area (TPSA) is 44.5 Å². The van der Waals surface area contributed by atoms with Crippen LogP contribution >= 0.6 is 0 Å². The molecule has 0 saturated carbocycles. The van der Waals surface area contributed by atoms with Gasteiger partial charge in [-0.15, -0.1) is 0 Å². The van der Waals surface area contributed by atoms with E-state index in [0.717, 1.165) is 23.5 Å². The molecule has 0 aromatic heterocycles. The lowest BCUT2D eigenvalue weighted by molar-refractivity contribution is 0.355. The van der Waals surface area contributed by atoms with Crippen molar-refractivity contribution >= 4 is 0 Å². The molecule has 3 heteroatoms. The van der Waals surface area contributed by atoms with Crippen LogP contribution in [0.5, 0.6) is 11.5 Å². The Morgan fingerprint density at radius 3 is 2.71 bits per heavy atom. The van der Waals surface area contributed by atoms with Crippen LogP contribution in [-0.2, 0) is 6.42 Å². The van der Waals surface area contributed by atoms with Gasteiger partial charge in [-0.1, -0.05) is 5.57 Å². The summed E-state index contributed by atoms with van der Waals surface area (Å²) in [6, 6.07) is 5.81. The van der Waals surface area contributed by atoms with Crippen LogP contribution < -0.4 is 15.2 Å². The second-order valence-electron chi connectivity index (χ2n) is 4.10. The highest BCUT2D eigenvalue weighted by Crippen LogP contribution is 2.24. The average molecular weight is 235 g/mol. The maximum Gasteiger partial charge on any atom is 0.123 e. The Balaban J connectivity index is 2.78. The van der Waals surface area contributed by atoms with E-state index in [4.69, 9.17) is 15.2 Å². The molecule has 94 valence electrons. The predicted molar refractivity (Wildman–Crippen MR) is 70.7 cm³/mol. The van der Waals surface area contributed by atoms with Gasteiger partial charge in [-0.25, -0.2) is 0 Å². The molecule has 0 unspecified atom stereocenters. The average Bonchev–Trinajstić information content (AvgIpc) is 2.31. The van der Waals surface area contributed by atoms with E-state index in [1.807, 2.05) is 18.2 Å². The summed E-state index contributed by atoms with van der Waals surface area (Å²) in [7, 11) is 1.66. The van der Waals surface area contributed by atoms with Gasteiger partial charge in [0.2, 0.25) is 0 Å². The fourth-order valence-corrected chi connectivity index (χ4v) is 1.47. The highest BCUT2D eigenvalue weighted by atomic mass is 16.5. The maximum atomic E-state index is 5.71. The Hall–Kier alpha value is -1.48. The van der Waals surface area contributed by atoms with Crippen LogP contribution in [0.2, 0.25) is 0 Å². The molecule has 1 rings (SSSR count). The second-order valence-corrected chi connectivity index (χ2v) is 4.10. The molecule has 1 aromatic rings. The maximum absolute atomic E-state index is 5.71. The molecule has 0 amide bonds. The van der Waals surface area contributed by atoms with Gasteiger partial charge in [0.1, 0.15) is 18.1 Å². The molecule has 2 N–H and O–H groups in total. The van der Waals surface area contributed by atoms with Crippen molar-refractivity contribution in [2.75, 3.05) is 20.3 Å². The zero-order valence-electron chi connectivity index (χ0n) is 10.8. The molecule has 0 radical (unpaired) electrons. The van der Waals surface area contributed by atoms with E-state index in [9.17, 15) is 0 Å². The van der Waals surface area contributed by atoms with Crippen LogP contribution in [0.1, 0.15) is 19.4 Å². The number of hydrogen-bond donors (Lipinski definition) is 1. The van der Waals surface area contributed by atoms with Crippen molar-refractivity contribution in [2.24, 2.45) is 5.73 Å². The summed E-state index contributed by atoms with van der Waals surface area (Å²) >= 11 is 0. The Kier molecular flexibility index (Phi) is 5.57. The molecule has 0 aliphatic carbocycles. The summed E-state index contributed by atoms with van der Waals surface area (Å²) in [5.74, 6) is 1.72. The number of rotatable bonds is 6. The third-order valence-corrected chi connectivity index (χ3v) is 2.41. The molecular formula is C14H21NO2. The molecule has 0 aliphatic rings. The van der Waals surface area contributed by atoms with Gasteiger partial charge >= 0.3 is 0 Å². The minimum absolute atomic E-state index is 0.590. The first-order valence-electron chi connectivity index (χ1n) is 5.80. The largest absolute Gasteiger partial charge is 0.497 e. The summed E-state index contributed by atoms with van der Waals surface area (Å²) in [6.45, 7) is 5.30. The van der Waals surface area contributed by atoms with E-state index < -0.39 is 0 Å². The number of nitrogens with two attached hydrogens (primary N) is 1. The normalized spacial score (nSPS) is 9.88. The number of hydrogen-bond acceptors (Lipinski definition) is 3. The first kappa shape index (κ1) is 13.6. The third-order valence-electron chi connectivity index (χ3n) is 2.41. The van der Waals surface area contributed by atoms with Crippen molar-refractivity contribution in [3.63, 3.8) is 0 Å². The van der Waals surface area contributed by atoms with Crippen molar-refractivity contribution in [1.82, 2.24) is 0 Å². The Morgan fingerprint density at radius 1 is 1.35 bits per heavy atom. The molecule has 0 bridgehead atoms. The Labute approximate surface area is 103 Å². The van der Waals surface area contributed by atoms with Gasteiger partial charge in [-0.2, -0.15) is 0 Å². The van der Waals surface area contributed by atoms with Gasteiger partial charge in [0.05, 0.1) is 7.11 Å². The number of ether oxygens (including phenoxy) is 2.